The van der Waals surface area contributed by atoms with Gasteiger partial charge in [-0.3, -0.25) is 9.59 Å². The summed E-state index contributed by atoms with van der Waals surface area (Å²) in [6, 6.07) is 7.49. The van der Waals surface area contributed by atoms with Crippen molar-refractivity contribution in [3.05, 3.63) is 29.8 Å². The van der Waals surface area contributed by atoms with Gasteiger partial charge in [0, 0.05) is 51.5 Å². The molecule has 0 radical (unpaired) electrons. The zero-order valence-electron chi connectivity index (χ0n) is 16.7. The Balaban J connectivity index is 1.65. The van der Waals surface area contributed by atoms with E-state index in [2.05, 4.69) is 9.98 Å². The van der Waals surface area contributed by atoms with Gasteiger partial charge in [-0.25, -0.2) is 9.38 Å². The van der Waals surface area contributed by atoms with Crippen molar-refractivity contribution in [1.82, 2.24) is 9.80 Å². The van der Waals surface area contributed by atoms with Gasteiger partial charge in [-0.2, -0.15) is 4.99 Å². The highest BCUT2D eigenvalue weighted by Gasteiger charge is 2.33. The molecule has 0 spiro atoms. The Hall–Kier alpha value is -2.77. The normalized spacial score (nSPS) is 20.2. The lowest BCUT2D eigenvalue weighted by Crippen LogP contribution is -2.51. The number of carbonyl (C=O) groups is 2. The van der Waals surface area contributed by atoms with Crippen LogP contribution < -0.4 is 4.90 Å². The van der Waals surface area contributed by atoms with Crippen LogP contribution in [-0.4, -0.2) is 79.7 Å². The Morgan fingerprint density at radius 2 is 1.71 bits per heavy atom. The molecule has 0 bridgehead atoms. The number of nitrogens with zero attached hydrogens (tertiary/aromatic N) is 5. The van der Waals surface area contributed by atoms with Gasteiger partial charge in [0.1, 0.15) is 0 Å². The van der Waals surface area contributed by atoms with Gasteiger partial charge >= 0.3 is 0 Å². The molecule has 28 heavy (non-hydrogen) atoms. The van der Waals surface area contributed by atoms with Gasteiger partial charge in [0.05, 0.1) is 5.71 Å². The zero-order valence-corrected chi connectivity index (χ0v) is 16.7. The number of benzene rings is 1. The number of hydrogen-bond acceptors (Lipinski definition) is 5. The molecule has 1 atom stereocenters. The van der Waals surface area contributed by atoms with Crippen molar-refractivity contribution < 1.29 is 14.0 Å². The number of guanidine groups is 1. The van der Waals surface area contributed by atoms with Gasteiger partial charge in [-0.15, -0.1) is 0 Å². The molecule has 1 unspecified atom stereocenters. The average molecular weight is 387 g/mol. The largest absolute Gasteiger partial charge is 0.378 e. The lowest BCUT2D eigenvalue weighted by Gasteiger charge is -2.36. The lowest BCUT2D eigenvalue weighted by atomic mass is 10.0. The minimum Gasteiger partial charge on any atom is -0.378 e. The quantitative estimate of drug-likeness (QED) is 0.794. The van der Waals surface area contributed by atoms with Gasteiger partial charge in [-0.05, 0) is 30.2 Å². The smallest absolute Gasteiger partial charge is 0.289 e. The van der Waals surface area contributed by atoms with Crippen LogP contribution >= 0.6 is 0 Å². The summed E-state index contributed by atoms with van der Waals surface area (Å²) in [5.74, 6) is -0.738. The van der Waals surface area contributed by atoms with E-state index in [1.807, 2.05) is 48.2 Å². The maximum absolute atomic E-state index is 14.0. The summed E-state index contributed by atoms with van der Waals surface area (Å²) in [5, 5.41) is 0. The summed E-state index contributed by atoms with van der Waals surface area (Å²) in [7, 11) is 3.90. The molecule has 1 aromatic carbocycles. The van der Waals surface area contributed by atoms with Crippen molar-refractivity contribution in [1.29, 1.82) is 0 Å². The molecule has 3 rings (SSSR count). The Kier molecular flexibility index (Phi) is 5.76. The van der Waals surface area contributed by atoms with Crippen molar-refractivity contribution in [3.63, 3.8) is 0 Å². The topological polar surface area (TPSA) is 68.6 Å². The van der Waals surface area contributed by atoms with Crippen LogP contribution in [0.3, 0.4) is 0 Å². The highest BCUT2D eigenvalue weighted by atomic mass is 19.1. The average Bonchev–Trinajstić information content (AvgIpc) is 2.69. The van der Waals surface area contributed by atoms with E-state index >= 15 is 0 Å². The Bertz CT molecular complexity index is 808. The minimum atomic E-state index is -1.75. The van der Waals surface area contributed by atoms with E-state index in [9.17, 15) is 14.0 Å². The lowest BCUT2D eigenvalue weighted by molar-refractivity contribution is -0.120. The van der Waals surface area contributed by atoms with E-state index in [0.717, 1.165) is 5.69 Å². The van der Waals surface area contributed by atoms with Crippen LogP contribution in [0.2, 0.25) is 0 Å². The fraction of sp³-hybridized carbons (Fsp3) is 0.500. The highest BCUT2D eigenvalue weighted by molar-refractivity contribution is 6.18. The maximum Gasteiger partial charge on any atom is 0.289 e. The van der Waals surface area contributed by atoms with Crippen LogP contribution in [0, 0.1) is 5.92 Å². The molecule has 1 fully saturated rings. The molecule has 1 aromatic rings. The molecular formula is C20H26FN5O2. The predicted octanol–water partition coefficient (Wildman–Crippen LogP) is 1.84. The van der Waals surface area contributed by atoms with Crippen molar-refractivity contribution in [2.24, 2.45) is 15.9 Å². The van der Waals surface area contributed by atoms with Gasteiger partial charge in [0.25, 0.3) is 11.8 Å². The molecule has 2 heterocycles. The molecule has 7 nitrogen and oxygen atoms in total. The van der Waals surface area contributed by atoms with Crippen LogP contribution in [0.4, 0.5) is 10.1 Å². The summed E-state index contributed by atoms with van der Waals surface area (Å²) < 4.78 is 14.0. The summed E-state index contributed by atoms with van der Waals surface area (Å²) in [6.07, 6.45) is -1.75. The first-order valence-electron chi connectivity index (χ1n) is 9.44. The maximum atomic E-state index is 14.0. The second-order valence-electron chi connectivity index (χ2n) is 7.52. The number of rotatable bonds is 3. The third kappa shape index (κ3) is 4.05. The number of halogens is 1. The van der Waals surface area contributed by atoms with E-state index in [4.69, 9.17) is 0 Å². The molecule has 0 aliphatic carbocycles. The summed E-state index contributed by atoms with van der Waals surface area (Å²) in [4.78, 5) is 38.3. The monoisotopic (exact) mass is 387 g/mol. The predicted molar refractivity (Wildman–Crippen MR) is 108 cm³/mol. The number of alkyl halides is 1. The summed E-state index contributed by atoms with van der Waals surface area (Å²) in [6.45, 7) is 5.60. The van der Waals surface area contributed by atoms with Gasteiger partial charge in [-0.1, -0.05) is 13.8 Å². The standard InChI is InChI=1S/C20H26FN5O2/c1-13(2)17-16(21)18(27)23-20(22-17)26-11-9-25(10-12-26)19(28)14-5-7-15(8-6-14)24(3)4/h5-8,13,16H,9-12H2,1-4H3. The molecule has 0 saturated carbocycles. The molecule has 0 N–H and O–H groups in total. The number of piperazine rings is 1. The Morgan fingerprint density at radius 1 is 1.11 bits per heavy atom. The van der Waals surface area contributed by atoms with Crippen molar-refractivity contribution in [2.75, 3.05) is 45.2 Å². The first-order valence-corrected chi connectivity index (χ1v) is 9.44. The van der Waals surface area contributed by atoms with E-state index in [1.165, 1.54) is 0 Å². The van der Waals surface area contributed by atoms with Crippen molar-refractivity contribution in [3.8, 4) is 0 Å². The van der Waals surface area contributed by atoms with E-state index in [-0.39, 0.29) is 23.5 Å². The second kappa shape index (κ2) is 8.08. The van der Waals surface area contributed by atoms with Crippen molar-refractivity contribution in [2.45, 2.75) is 20.0 Å². The Morgan fingerprint density at radius 3 is 2.25 bits per heavy atom. The zero-order chi connectivity index (χ0) is 20.4. The highest BCUT2D eigenvalue weighted by Crippen LogP contribution is 2.18. The summed E-state index contributed by atoms with van der Waals surface area (Å²) >= 11 is 0. The van der Waals surface area contributed by atoms with Crippen LogP contribution in [0.5, 0.6) is 0 Å². The first-order chi connectivity index (χ1) is 13.3. The molecule has 0 aromatic heterocycles. The molecular weight excluding hydrogens is 361 g/mol. The fourth-order valence-electron chi connectivity index (χ4n) is 3.24. The van der Waals surface area contributed by atoms with Crippen LogP contribution in [0.25, 0.3) is 0 Å². The first kappa shape index (κ1) is 20.0. The Labute approximate surface area is 164 Å². The SMILES string of the molecule is CC(C)C1=NC(N2CCN(C(=O)c3ccc(N(C)C)cc3)CC2)=NC(=O)C1F. The molecule has 150 valence electrons. The third-order valence-corrected chi connectivity index (χ3v) is 4.99. The second-order valence-corrected chi connectivity index (χ2v) is 7.52. The number of hydrogen-bond donors (Lipinski definition) is 0. The number of anilines is 1. The molecule has 1 saturated heterocycles. The van der Waals surface area contributed by atoms with Crippen LogP contribution in [0.15, 0.2) is 34.3 Å². The number of carbonyl (C=O) groups excluding carboxylic acids is 2. The van der Waals surface area contributed by atoms with Crippen LogP contribution in [0.1, 0.15) is 24.2 Å². The van der Waals surface area contributed by atoms with Gasteiger partial charge < -0.3 is 14.7 Å². The third-order valence-electron chi connectivity index (χ3n) is 4.99. The molecule has 2 aliphatic rings. The number of aliphatic imine (C=N–C) groups is 2. The molecule has 8 heteroatoms. The fourth-order valence-corrected chi connectivity index (χ4v) is 3.24. The van der Waals surface area contributed by atoms with Crippen LogP contribution in [-0.2, 0) is 4.79 Å². The number of amides is 2. The van der Waals surface area contributed by atoms with E-state index < -0.39 is 12.1 Å². The van der Waals surface area contributed by atoms with E-state index in [0.29, 0.717) is 31.7 Å². The van der Waals surface area contributed by atoms with Gasteiger partial charge in [0.15, 0.2) is 0 Å². The van der Waals surface area contributed by atoms with Crippen molar-refractivity contribution >= 4 is 29.2 Å². The molecule has 2 amide bonds. The van der Waals surface area contributed by atoms with Gasteiger partial charge in [0.2, 0.25) is 12.1 Å². The van der Waals surface area contributed by atoms with E-state index in [1.54, 1.807) is 18.7 Å². The summed E-state index contributed by atoms with van der Waals surface area (Å²) in [5.41, 5.74) is 1.89. The minimum absolute atomic E-state index is 0.0261. The molecule has 2 aliphatic heterocycles.